The molecule has 18 heavy (non-hydrogen) atoms. The van der Waals surface area contributed by atoms with Crippen LogP contribution >= 0.6 is 27.5 Å². The van der Waals surface area contributed by atoms with E-state index < -0.39 is 0 Å². The lowest BCUT2D eigenvalue weighted by molar-refractivity contribution is 0.376. The van der Waals surface area contributed by atoms with Gasteiger partial charge in [-0.2, -0.15) is 0 Å². The van der Waals surface area contributed by atoms with E-state index >= 15 is 0 Å². The van der Waals surface area contributed by atoms with Crippen LogP contribution in [0.1, 0.15) is 25.8 Å². The van der Waals surface area contributed by atoms with Crippen LogP contribution < -0.4 is 10.1 Å². The number of alkyl halides is 1. The van der Waals surface area contributed by atoms with Gasteiger partial charge in [0.15, 0.2) is 0 Å². The molecule has 0 radical (unpaired) electrons. The molecule has 1 aromatic carbocycles. The summed E-state index contributed by atoms with van der Waals surface area (Å²) in [5.41, 5.74) is 1.16. The van der Waals surface area contributed by atoms with Gasteiger partial charge in [-0.15, -0.1) is 11.6 Å². The van der Waals surface area contributed by atoms with Crippen LogP contribution in [0.4, 0.5) is 0 Å². The molecule has 1 atom stereocenters. The molecule has 0 saturated heterocycles. The molecule has 0 amide bonds. The minimum atomic E-state index is 0.436. The maximum Gasteiger partial charge on any atom is 0.123 e. The maximum absolute atomic E-state index is 5.83. The monoisotopic (exact) mass is 333 g/mol. The summed E-state index contributed by atoms with van der Waals surface area (Å²) in [6.45, 7) is 5.22. The summed E-state index contributed by atoms with van der Waals surface area (Å²) in [6, 6.07) is 6.49. The number of methoxy groups -OCH3 is 1. The minimum Gasteiger partial charge on any atom is -0.496 e. The average molecular weight is 335 g/mol. The molecule has 0 aliphatic rings. The molecule has 2 nitrogen and oxygen atoms in total. The van der Waals surface area contributed by atoms with Crippen LogP contribution in [0.3, 0.4) is 0 Å². The summed E-state index contributed by atoms with van der Waals surface area (Å²) in [4.78, 5) is 0. The topological polar surface area (TPSA) is 21.3 Å². The van der Waals surface area contributed by atoms with E-state index in [2.05, 4.69) is 41.2 Å². The fraction of sp³-hybridized carbons (Fsp3) is 0.571. The van der Waals surface area contributed by atoms with Crippen LogP contribution in [-0.4, -0.2) is 19.0 Å². The third kappa shape index (κ3) is 4.79. The Balaban J connectivity index is 2.68. The van der Waals surface area contributed by atoms with Gasteiger partial charge < -0.3 is 10.1 Å². The van der Waals surface area contributed by atoms with Crippen LogP contribution in [0.25, 0.3) is 0 Å². The molecule has 1 N–H and O–H groups in total. The van der Waals surface area contributed by atoms with Gasteiger partial charge in [-0.3, -0.25) is 0 Å². The van der Waals surface area contributed by atoms with Gasteiger partial charge >= 0.3 is 0 Å². The van der Waals surface area contributed by atoms with Gasteiger partial charge in [-0.05, 0) is 30.5 Å². The van der Waals surface area contributed by atoms with Crippen LogP contribution in [0.15, 0.2) is 22.7 Å². The highest BCUT2D eigenvalue weighted by Gasteiger charge is 2.13. The Morgan fingerprint density at radius 3 is 2.67 bits per heavy atom. The number of rotatable bonds is 7. The quantitative estimate of drug-likeness (QED) is 0.755. The molecule has 0 aliphatic heterocycles. The van der Waals surface area contributed by atoms with Gasteiger partial charge in [0.25, 0.3) is 0 Å². The predicted molar refractivity (Wildman–Crippen MR) is 81.5 cm³/mol. The molecule has 0 saturated carbocycles. The van der Waals surface area contributed by atoms with Gasteiger partial charge in [-0.1, -0.05) is 29.8 Å². The Bertz CT molecular complexity index is 371. The number of hydrogen-bond acceptors (Lipinski definition) is 2. The van der Waals surface area contributed by atoms with E-state index in [0.29, 0.717) is 17.8 Å². The number of ether oxygens (including phenoxy) is 1. The van der Waals surface area contributed by atoms with E-state index in [-0.39, 0.29) is 0 Å². The Hall–Kier alpha value is -0.250. The van der Waals surface area contributed by atoms with Crippen molar-refractivity contribution in [2.24, 2.45) is 5.92 Å². The molecular formula is C14H21BrClNO. The highest BCUT2D eigenvalue weighted by Crippen LogP contribution is 2.23. The van der Waals surface area contributed by atoms with E-state index in [1.807, 2.05) is 12.1 Å². The first kappa shape index (κ1) is 15.8. The number of nitrogens with one attached hydrogen (secondary N) is 1. The van der Waals surface area contributed by atoms with Gasteiger partial charge in [0, 0.05) is 28.5 Å². The summed E-state index contributed by atoms with van der Waals surface area (Å²) in [5, 5.41) is 3.55. The molecule has 1 aromatic rings. The molecule has 0 heterocycles. The van der Waals surface area contributed by atoms with Crippen molar-refractivity contribution < 1.29 is 4.74 Å². The van der Waals surface area contributed by atoms with Crippen molar-refractivity contribution >= 4 is 27.5 Å². The van der Waals surface area contributed by atoms with Gasteiger partial charge in [-0.25, -0.2) is 0 Å². The Labute approximate surface area is 123 Å². The molecule has 0 bridgehead atoms. The summed E-state index contributed by atoms with van der Waals surface area (Å²) in [6.07, 6.45) is 0.982. The molecular weight excluding hydrogens is 314 g/mol. The summed E-state index contributed by atoms with van der Waals surface area (Å²) >= 11 is 9.32. The van der Waals surface area contributed by atoms with Gasteiger partial charge in [0.05, 0.1) is 7.11 Å². The molecule has 4 heteroatoms. The van der Waals surface area contributed by atoms with Crippen molar-refractivity contribution in [2.75, 3.05) is 13.0 Å². The van der Waals surface area contributed by atoms with E-state index in [4.69, 9.17) is 16.3 Å². The molecule has 0 spiro atoms. The van der Waals surface area contributed by atoms with Crippen molar-refractivity contribution in [3.63, 3.8) is 0 Å². The van der Waals surface area contributed by atoms with Crippen LogP contribution in [0, 0.1) is 5.92 Å². The zero-order valence-corrected chi connectivity index (χ0v) is 13.5. The molecule has 1 unspecified atom stereocenters. The minimum absolute atomic E-state index is 0.436. The number of hydrogen-bond donors (Lipinski definition) is 1. The Morgan fingerprint density at radius 2 is 2.11 bits per heavy atom. The van der Waals surface area contributed by atoms with Gasteiger partial charge in [0.1, 0.15) is 5.75 Å². The largest absolute Gasteiger partial charge is 0.496 e. The lowest BCUT2D eigenvalue weighted by Gasteiger charge is -2.22. The van der Waals surface area contributed by atoms with Crippen LogP contribution in [-0.2, 0) is 6.54 Å². The molecule has 0 aliphatic carbocycles. The lowest BCUT2D eigenvalue weighted by Crippen LogP contribution is -2.33. The molecule has 0 fully saturated rings. The fourth-order valence-electron chi connectivity index (χ4n) is 1.92. The zero-order valence-electron chi connectivity index (χ0n) is 11.2. The number of benzene rings is 1. The second kappa shape index (κ2) is 8.03. The third-order valence-corrected chi connectivity index (χ3v) is 3.73. The second-order valence-electron chi connectivity index (χ2n) is 4.67. The molecule has 0 aromatic heterocycles. The fourth-order valence-corrected chi connectivity index (χ4v) is 2.56. The number of halogens is 2. The van der Waals surface area contributed by atoms with E-state index in [0.717, 1.165) is 28.8 Å². The van der Waals surface area contributed by atoms with Crippen molar-refractivity contribution in [1.29, 1.82) is 0 Å². The smallest absolute Gasteiger partial charge is 0.123 e. The standard InChI is InChI=1S/C14H21BrClNO/c1-10(2)13(6-7-16)17-9-11-8-12(15)4-5-14(11)18-3/h4-5,8,10,13,17H,6-7,9H2,1-3H3. The van der Waals surface area contributed by atoms with Crippen LogP contribution in [0.5, 0.6) is 5.75 Å². The van der Waals surface area contributed by atoms with Crippen molar-refractivity contribution in [1.82, 2.24) is 5.32 Å². The summed E-state index contributed by atoms with van der Waals surface area (Å²) < 4.78 is 6.43. The van der Waals surface area contributed by atoms with Crippen LogP contribution in [0.2, 0.25) is 0 Å². The van der Waals surface area contributed by atoms with E-state index in [1.165, 1.54) is 0 Å². The SMILES string of the molecule is COc1ccc(Br)cc1CNC(CCCl)C(C)C. The normalized spacial score (nSPS) is 12.8. The average Bonchev–Trinajstić information content (AvgIpc) is 2.34. The van der Waals surface area contributed by atoms with E-state index in [9.17, 15) is 0 Å². The zero-order chi connectivity index (χ0) is 13.5. The first-order valence-electron chi connectivity index (χ1n) is 6.20. The lowest BCUT2D eigenvalue weighted by atomic mass is 10.0. The highest BCUT2D eigenvalue weighted by molar-refractivity contribution is 9.10. The highest BCUT2D eigenvalue weighted by atomic mass is 79.9. The van der Waals surface area contributed by atoms with Gasteiger partial charge in [0.2, 0.25) is 0 Å². The van der Waals surface area contributed by atoms with Crippen molar-refractivity contribution in [3.05, 3.63) is 28.2 Å². The van der Waals surface area contributed by atoms with Crippen molar-refractivity contribution in [2.45, 2.75) is 32.9 Å². The Kier molecular flexibility index (Phi) is 7.05. The molecule has 102 valence electrons. The summed E-state index contributed by atoms with van der Waals surface area (Å²) in [5.74, 6) is 2.17. The first-order chi connectivity index (χ1) is 8.58. The second-order valence-corrected chi connectivity index (χ2v) is 5.96. The predicted octanol–water partition coefficient (Wildman–Crippen LogP) is 4.20. The van der Waals surface area contributed by atoms with E-state index in [1.54, 1.807) is 7.11 Å². The maximum atomic E-state index is 5.83. The summed E-state index contributed by atoms with van der Waals surface area (Å²) in [7, 11) is 1.70. The molecule has 1 rings (SSSR count). The van der Waals surface area contributed by atoms with Crippen molar-refractivity contribution in [3.8, 4) is 5.75 Å². The Morgan fingerprint density at radius 1 is 1.39 bits per heavy atom. The third-order valence-electron chi connectivity index (χ3n) is 3.02. The first-order valence-corrected chi connectivity index (χ1v) is 7.53.